The van der Waals surface area contributed by atoms with Crippen LogP contribution in [-0.4, -0.2) is 52.3 Å². The largest absolute Gasteiger partial charge is 0.497 e. The van der Waals surface area contributed by atoms with Gasteiger partial charge in [-0.05, 0) is 38.9 Å². The first kappa shape index (κ1) is 19.3. The van der Waals surface area contributed by atoms with Crippen molar-refractivity contribution in [3.63, 3.8) is 0 Å². The highest BCUT2D eigenvalue weighted by atomic mass is 16.5. The van der Waals surface area contributed by atoms with Crippen molar-refractivity contribution in [1.29, 1.82) is 0 Å². The van der Waals surface area contributed by atoms with Crippen LogP contribution < -0.4 is 9.47 Å². The molecule has 2 aromatic heterocycles. The van der Waals surface area contributed by atoms with Crippen LogP contribution in [0.1, 0.15) is 35.8 Å². The highest BCUT2D eigenvalue weighted by molar-refractivity contribution is 5.44. The van der Waals surface area contributed by atoms with E-state index in [4.69, 9.17) is 14.0 Å². The lowest BCUT2D eigenvalue weighted by Crippen LogP contribution is -2.32. The summed E-state index contributed by atoms with van der Waals surface area (Å²) < 4.78 is 16.2. The summed E-state index contributed by atoms with van der Waals surface area (Å²) in [6.07, 6.45) is 5.33. The van der Waals surface area contributed by atoms with Crippen molar-refractivity contribution in [1.82, 2.24) is 25.0 Å². The van der Waals surface area contributed by atoms with Gasteiger partial charge >= 0.3 is 0 Å². The number of hydrogen-bond donors (Lipinski definition) is 0. The Kier molecular flexibility index (Phi) is 5.71. The number of likely N-dealkylation sites (tertiary alicyclic amines) is 1. The van der Waals surface area contributed by atoms with Gasteiger partial charge in [0.25, 0.3) is 5.89 Å². The smallest absolute Gasteiger partial charge is 0.278 e. The second kappa shape index (κ2) is 8.57. The molecule has 0 spiro atoms. The van der Waals surface area contributed by atoms with Gasteiger partial charge in [-0.25, -0.2) is 4.98 Å². The van der Waals surface area contributed by atoms with Gasteiger partial charge in [0.1, 0.15) is 17.2 Å². The van der Waals surface area contributed by atoms with Gasteiger partial charge in [-0.3, -0.25) is 9.88 Å². The number of aromatic nitrogens is 4. The summed E-state index contributed by atoms with van der Waals surface area (Å²) in [5, 5.41) is 4.19. The number of ether oxygens (including phenoxy) is 2. The van der Waals surface area contributed by atoms with E-state index in [1.165, 1.54) is 0 Å². The van der Waals surface area contributed by atoms with Gasteiger partial charge in [0, 0.05) is 30.3 Å². The molecule has 29 heavy (non-hydrogen) atoms. The summed E-state index contributed by atoms with van der Waals surface area (Å²) in [7, 11) is 3.35. The number of hydrogen-bond acceptors (Lipinski definition) is 8. The van der Waals surface area contributed by atoms with Crippen molar-refractivity contribution in [3.8, 4) is 23.1 Å². The SMILES string of the molecule is COc1ccc(CN2CCC(c3noc(-c4cnc(C)cn4)n3)CC2)c(OC)c1. The molecule has 3 aromatic rings. The molecule has 0 atom stereocenters. The molecule has 1 fully saturated rings. The molecule has 1 aliphatic heterocycles. The number of nitrogens with zero attached hydrogens (tertiary/aromatic N) is 5. The molecule has 0 saturated carbocycles. The third-order valence-electron chi connectivity index (χ3n) is 5.28. The predicted molar refractivity (Wildman–Crippen MR) is 107 cm³/mol. The molecule has 3 heterocycles. The minimum Gasteiger partial charge on any atom is -0.497 e. The lowest BCUT2D eigenvalue weighted by atomic mass is 9.96. The predicted octanol–water partition coefficient (Wildman–Crippen LogP) is 3.23. The Hall–Kier alpha value is -3.00. The maximum atomic E-state index is 5.52. The first-order valence-corrected chi connectivity index (χ1v) is 9.72. The van der Waals surface area contributed by atoms with Gasteiger partial charge in [-0.15, -0.1) is 0 Å². The van der Waals surface area contributed by atoms with Crippen molar-refractivity contribution < 1.29 is 14.0 Å². The maximum absolute atomic E-state index is 5.52. The van der Waals surface area contributed by atoms with Crippen molar-refractivity contribution in [2.45, 2.75) is 32.2 Å². The molecular formula is C21H25N5O3. The highest BCUT2D eigenvalue weighted by Crippen LogP contribution is 2.30. The van der Waals surface area contributed by atoms with Crippen LogP contribution >= 0.6 is 0 Å². The highest BCUT2D eigenvalue weighted by Gasteiger charge is 2.25. The zero-order valence-corrected chi connectivity index (χ0v) is 17.0. The molecule has 8 heteroatoms. The van der Waals surface area contributed by atoms with Crippen molar-refractivity contribution in [2.24, 2.45) is 0 Å². The van der Waals surface area contributed by atoms with E-state index >= 15 is 0 Å². The Bertz CT molecular complexity index is 949. The van der Waals surface area contributed by atoms with E-state index in [0.29, 0.717) is 17.5 Å². The fourth-order valence-electron chi connectivity index (χ4n) is 3.58. The maximum Gasteiger partial charge on any atom is 0.278 e. The van der Waals surface area contributed by atoms with Gasteiger partial charge in [-0.1, -0.05) is 11.2 Å². The lowest BCUT2D eigenvalue weighted by molar-refractivity contribution is 0.198. The van der Waals surface area contributed by atoms with Gasteiger partial charge < -0.3 is 14.0 Å². The quantitative estimate of drug-likeness (QED) is 0.629. The van der Waals surface area contributed by atoms with Gasteiger partial charge in [-0.2, -0.15) is 4.98 Å². The van der Waals surface area contributed by atoms with Crippen molar-refractivity contribution >= 4 is 0 Å². The Balaban J connectivity index is 1.37. The van der Waals surface area contributed by atoms with Crippen LogP contribution in [0.2, 0.25) is 0 Å². The average molecular weight is 395 g/mol. The van der Waals surface area contributed by atoms with Crippen molar-refractivity contribution in [2.75, 3.05) is 27.3 Å². The second-order valence-corrected chi connectivity index (χ2v) is 7.23. The zero-order valence-electron chi connectivity index (χ0n) is 17.0. The van der Waals surface area contributed by atoms with Crippen LogP contribution in [0.15, 0.2) is 35.1 Å². The average Bonchev–Trinajstić information content (AvgIpc) is 3.25. The van der Waals surface area contributed by atoms with Crippen LogP contribution in [0.25, 0.3) is 11.6 Å². The van der Waals surface area contributed by atoms with Gasteiger partial charge in [0.2, 0.25) is 0 Å². The molecule has 1 saturated heterocycles. The first-order chi connectivity index (χ1) is 14.2. The molecular weight excluding hydrogens is 370 g/mol. The van der Waals surface area contributed by atoms with E-state index in [1.54, 1.807) is 26.6 Å². The zero-order chi connectivity index (χ0) is 20.2. The van der Waals surface area contributed by atoms with E-state index in [-0.39, 0.29) is 0 Å². The Morgan fingerprint density at radius 2 is 1.93 bits per heavy atom. The molecule has 0 aliphatic carbocycles. The summed E-state index contributed by atoms with van der Waals surface area (Å²) in [5.41, 5.74) is 2.62. The second-order valence-electron chi connectivity index (χ2n) is 7.23. The minimum atomic E-state index is 0.292. The van der Waals surface area contributed by atoms with Gasteiger partial charge in [0.15, 0.2) is 5.82 Å². The molecule has 0 bridgehead atoms. The molecule has 0 unspecified atom stereocenters. The van der Waals surface area contributed by atoms with Gasteiger partial charge in [0.05, 0.1) is 26.1 Å². The van der Waals surface area contributed by atoms with Crippen LogP contribution in [0, 0.1) is 6.92 Å². The van der Waals surface area contributed by atoms with E-state index in [1.807, 2.05) is 19.1 Å². The molecule has 1 aliphatic rings. The molecule has 152 valence electrons. The van der Waals surface area contributed by atoms with Crippen LogP contribution in [0.3, 0.4) is 0 Å². The van der Waals surface area contributed by atoms with E-state index in [9.17, 15) is 0 Å². The summed E-state index contributed by atoms with van der Waals surface area (Å²) in [6.45, 7) is 4.67. The Labute approximate surface area is 169 Å². The third-order valence-corrected chi connectivity index (χ3v) is 5.28. The molecule has 0 amide bonds. The number of rotatable bonds is 6. The number of piperidine rings is 1. The number of aryl methyl sites for hydroxylation is 1. The Morgan fingerprint density at radius 1 is 1.10 bits per heavy atom. The monoisotopic (exact) mass is 395 g/mol. The van der Waals surface area contributed by atoms with Crippen LogP contribution in [0.4, 0.5) is 0 Å². The fourth-order valence-corrected chi connectivity index (χ4v) is 3.58. The van der Waals surface area contributed by atoms with Crippen molar-refractivity contribution in [3.05, 3.63) is 47.7 Å². The summed E-state index contributed by atoms with van der Waals surface area (Å²) in [5.74, 6) is 3.13. The molecule has 1 aromatic carbocycles. The number of benzene rings is 1. The van der Waals surface area contributed by atoms with E-state index in [0.717, 1.165) is 61.1 Å². The summed E-state index contributed by atoms with van der Waals surface area (Å²) in [6, 6.07) is 5.97. The fraction of sp³-hybridized carbons (Fsp3) is 0.429. The molecule has 4 rings (SSSR count). The van der Waals surface area contributed by atoms with Crippen LogP contribution in [0.5, 0.6) is 11.5 Å². The third kappa shape index (κ3) is 4.37. The number of methoxy groups -OCH3 is 2. The topological polar surface area (TPSA) is 86.4 Å². The van der Waals surface area contributed by atoms with E-state index in [2.05, 4.69) is 31.1 Å². The standard InChI is InChI=1S/C21H25N5O3/c1-14-11-23-18(12-22-14)21-24-20(25-29-21)15-6-8-26(9-7-15)13-16-4-5-17(27-2)10-19(16)28-3/h4-5,10-12,15H,6-9,13H2,1-3H3. The Morgan fingerprint density at radius 3 is 2.62 bits per heavy atom. The van der Waals surface area contributed by atoms with E-state index < -0.39 is 0 Å². The first-order valence-electron chi connectivity index (χ1n) is 9.72. The molecule has 0 radical (unpaired) electrons. The summed E-state index contributed by atoms with van der Waals surface area (Å²) >= 11 is 0. The normalized spacial score (nSPS) is 15.4. The molecule has 8 nitrogen and oxygen atoms in total. The minimum absolute atomic E-state index is 0.292. The molecule has 0 N–H and O–H groups in total. The van der Waals surface area contributed by atoms with Crippen LogP contribution in [-0.2, 0) is 6.54 Å². The summed E-state index contributed by atoms with van der Waals surface area (Å²) in [4.78, 5) is 15.5. The lowest BCUT2D eigenvalue weighted by Gasteiger charge is -2.30.